The van der Waals surface area contributed by atoms with Gasteiger partial charge in [-0.2, -0.15) is 0 Å². The molecule has 1 aliphatic rings. The highest BCUT2D eigenvalue weighted by Crippen LogP contribution is 2.10. The van der Waals surface area contributed by atoms with E-state index in [-0.39, 0.29) is 5.91 Å². The molecule has 1 unspecified atom stereocenters. The summed E-state index contributed by atoms with van der Waals surface area (Å²) >= 11 is 0. The first-order valence-corrected chi connectivity index (χ1v) is 5.82. The molecule has 92 valence electrons. The lowest BCUT2D eigenvalue weighted by atomic mass is 10.2. The van der Waals surface area contributed by atoms with Crippen LogP contribution in [0.15, 0.2) is 18.3 Å². The molecule has 0 aromatic carbocycles. The highest BCUT2D eigenvalue weighted by Gasteiger charge is 2.14. The van der Waals surface area contributed by atoms with E-state index in [1.807, 2.05) is 6.07 Å². The van der Waals surface area contributed by atoms with Crippen LogP contribution in [-0.4, -0.2) is 49.0 Å². The first-order chi connectivity index (χ1) is 8.16. The first-order valence-electron chi connectivity index (χ1n) is 5.82. The minimum absolute atomic E-state index is 0.0217. The van der Waals surface area contributed by atoms with Crippen LogP contribution in [-0.2, 0) is 0 Å². The van der Waals surface area contributed by atoms with Gasteiger partial charge in [-0.1, -0.05) is 0 Å². The molecule has 1 saturated heterocycles. The number of amides is 1. The lowest BCUT2D eigenvalue weighted by Crippen LogP contribution is -2.23. The summed E-state index contributed by atoms with van der Waals surface area (Å²) < 4.78 is 0. The molecule has 1 fully saturated rings. The SMILES string of the molecule is CN(C)C(=O)c1ccc(NC2CCNC2)nc1. The van der Waals surface area contributed by atoms with Crippen molar-refractivity contribution < 1.29 is 4.79 Å². The van der Waals surface area contributed by atoms with Crippen LogP contribution in [0.25, 0.3) is 0 Å². The highest BCUT2D eigenvalue weighted by molar-refractivity contribution is 5.93. The molecule has 2 N–H and O–H groups in total. The Labute approximate surface area is 101 Å². The third kappa shape index (κ3) is 2.94. The van der Waals surface area contributed by atoms with Gasteiger partial charge in [0.25, 0.3) is 5.91 Å². The fourth-order valence-electron chi connectivity index (χ4n) is 1.85. The summed E-state index contributed by atoms with van der Waals surface area (Å²) in [6, 6.07) is 4.10. The third-order valence-electron chi connectivity index (χ3n) is 2.83. The average molecular weight is 234 g/mol. The van der Waals surface area contributed by atoms with Crippen molar-refractivity contribution in [3.05, 3.63) is 23.9 Å². The van der Waals surface area contributed by atoms with Crippen LogP contribution in [0.1, 0.15) is 16.8 Å². The zero-order chi connectivity index (χ0) is 12.3. The van der Waals surface area contributed by atoms with Crippen molar-refractivity contribution in [3.8, 4) is 0 Å². The molecule has 2 rings (SSSR count). The van der Waals surface area contributed by atoms with Gasteiger partial charge in [-0.3, -0.25) is 4.79 Å². The van der Waals surface area contributed by atoms with Crippen molar-refractivity contribution in [3.63, 3.8) is 0 Å². The number of rotatable bonds is 3. The average Bonchev–Trinajstić information content (AvgIpc) is 2.82. The minimum atomic E-state index is -0.0217. The maximum atomic E-state index is 11.7. The number of pyridine rings is 1. The molecule has 1 aromatic heterocycles. The zero-order valence-corrected chi connectivity index (χ0v) is 10.2. The lowest BCUT2D eigenvalue weighted by Gasteiger charge is -2.13. The van der Waals surface area contributed by atoms with Crippen LogP contribution in [0.3, 0.4) is 0 Å². The van der Waals surface area contributed by atoms with E-state index in [0.717, 1.165) is 25.3 Å². The van der Waals surface area contributed by atoms with E-state index < -0.39 is 0 Å². The Hall–Kier alpha value is -1.62. The number of hydrogen-bond acceptors (Lipinski definition) is 4. The maximum Gasteiger partial charge on any atom is 0.254 e. The molecule has 1 amide bonds. The Morgan fingerprint density at radius 2 is 2.35 bits per heavy atom. The Balaban J connectivity index is 1.99. The Morgan fingerprint density at radius 1 is 1.53 bits per heavy atom. The summed E-state index contributed by atoms with van der Waals surface area (Å²) in [7, 11) is 3.47. The molecule has 1 aliphatic heterocycles. The fraction of sp³-hybridized carbons (Fsp3) is 0.500. The van der Waals surface area contributed by atoms with Crippen molar-refractivity contribution in [2.45, 2.75) is 12.5 Å². The molecule has 1 aromatic rings. The summed E-state index contributed by atoms with van der Waals surface area (Å²) in [6.07, 6.45) is 2.73. The van der Waals surface area contributed by atoms with Crippen molar-refractivity contribution in [2.24, 2.45) is 0 Å². The Kier molecular flexibility index (Phi) is 3.58. The number of nitrogens with zero attached hydrogens (tertiary/aromatic N) is 2. The van der Waals surface area contributed by atoms with Crippen molar-refractivity contribution >= 4 is 11.7 Å². The van der Waals surface area contributed by atoms with Crippen LogP contribution >= 0.6 is 0 Å². The summed E-state index contributed by atoms with van der Waals surface area (Å²) in [5, 5.41) is 6.62. The summed E-state index contributed by atoms with van der Waals surface area (Å²) in [4.78, 5) is 17.5. The quantitative estimate of drug-likeness (QED) is 0.802. The zero-order valence-electron chi connectivity index (χ0n) is 10.2. The predicted molar refractivity (Wildman–Crippen MR) is 67.2 cm³/mol. The standard InChI is InChI=1S/C12H18N4O/c1-16(2)12(17)9-3-4-11(14-7-9)15-10-5-6-13-8-10/h3-4,7,10,13H,5-6,8H2,1-2H3,(H,14,15). The molecule has 5 heteroatoms. The molecule has 0 saturated carbocycles. The van der Waals surface area contributed by atoms with Gasteiger partial charge in [0.15, 0.2) is 0 Å². The molecular formula is C12H18N4O. The van der Waals surface area contributed by atoms with E-state index in [1.165, 1.54) is 0 Å². The van der Waals surface area contributed by atoms with E-state index in [9.17, 15) is 4.79 Å². The van der Waals surface area contributed by atoms with Gasteiger partial charge in [0, 0.05) is 32.9 Å². The second-order valence-corrected chi connectivity index (χ2v) is 4.47. The molecule has 0 radical (unpaired) electrons. The smallest absolute Gasteiger partial charge is 0.254 e. The van der Waals surface area contributed by atoms with E-state index in [2.05, 4.69) is 15.6 Å². The van der Waals surface area contributed by atoms with Gasteiger partial charge in [0.2, 0.25) is 0 Å². The lowest BCUT2D eigenvalue weighted by molar-refractivity contribution is 0.0827. The molecule has 0 spiro atoms. The van der Waals surface area contributed by atoms with Gasteiger partial charge in [-0.05, 0) is 25.1 Å². The minimum Gasteiger partial charge on any atom is -0.366 e. The number of hydrogen-bond donors (Lipinski definition) is 2. The van der Waals surface area contributed by atoms with Gasteiger partial charge in [-0.25, -0.2) is 4.98 Å². The monoisotopic (exact) mass is 234 g/mol. The van der Waals surface area contributed by atoms with Gasteiger partial charge in [-0.15, -0.1) is 0 Å². The Bertz CT molecular complexity index is 382. The first kappa shape index (κ1) is 11.9. The Morgan fingerprint density at radius 3 is 2.88 bits per heavy atom. The van der Waals surface area contributed by atoms with Crippen molar-refractivity contribution in [1.82, 2.24) is 15.2 Å². The second kappa shape index (κ2) is 5.14. The summed E-state index contributed by atoms with van der Waals surface area (Å²) in [5.41, 5.74) is 0.616. The normalized spacial score (nSPS) is 19.1. The second-order valence-electron chi connectivity index (χ2n) is 4.47. The van der Waals surface area contributed by atoms with E-state index in [0.29, 0.717) is 11.6 Å². The van der Waals surface area contributed by atoms with E-state index >= 15 is 0 Å². The van der Waals surface area contributed by atoms with Gasteiger partial charge < -0.3 is 15.5 Å². The topological polar surface area (TPSA) is 57.3 Å². The number of nitrogens with one attached hydrogen (secondary N) is 2. The van der Waals surface area contributed by atoms with Crippen molar-refractivity contribution in [1.29, 1.82) is 0 Å². The van der Waals surface area contributed by atoms with Crippen molar-refractivity contribution in [2.75, 3.05) is 32.5 Å². The third-order valence-corrected chi connectivity index (χ3v) is 2.83. The van der Waals surface area contributed by atoms with E-state index in [1.54, 1.807) is 31.3 Å². The van der Waals surface area contributed by atoms with Crippen LogP contribution in [0.4, 0.5) is 5.82 Å². The largest absolute Gasteiger partial charge is 0.366 e. The molecule has 17 heavy (non-hydrogen) atoms. The molecule has 5 nitrogen and oxygen atoms in total. The molecular weight excluding hydrogens is 216 g/mol. The number of anilines is 1. The van der Waals surface area contributed by atoms with Gasteiger partial charge >= 0.3 is 0 Å². The predicted octanol–water partition coefficient (Wildman–Crippen LogP) is 0.557. The van der Waals surface area contributed by atoms with Gasteiger partial charge in [0.1, 0.15) is 5.82 Å². The fourth-order valence-corrected chi connectivity index (χ4v) is 1.85. The number of carbonyl (C=O) groups excluding carboxylic acids is 1. The maximum absolute atomic E-state index is 11.7. The molecule has 2 heterocycles. The van der Waals surface area contributed by atoms with Crippen LogP contribution in [0, 0.1) is 0 Å². The molecule has 0 aliphatic carbocycles. The number of carbonyl (C=O) groups is 1. The highest BCUT2D eigenvalue weighted by atomic mass is 16.2. The molecule has 1 atom stereocenters. The van der Waals surface area contributed by atoms with Gasteiger partial charge in [0.05, 0.1) is 5.56 Å². The van der Waals surface area contributed by atoms with E-state index in [4.69, 9.17) is 0 Å². The van der Waals surface area contributed by atoms with Crippen LogP contribution < -0.4 is 10.6 Å². The summed E-state index contributed by atoms with van der Waals surface area (Å²) in [5.74, 6) is 0.806. The van der Waals surface area contributed by atoms with Crippen LogP contribution in [0.5, 0.6) is 0 Å². The molecule has 0 bridgehead atoms. The number of aromatic nitrogens is 1. The summed E-state index contributed by atoms with van der Waals surface area (Å²) in [6.45, 7) is 2.02. The van der Waals surface area contributed by atoms with Crippen LogP contribution in [0.2, 0.25) is 0 Å².